The van der Waals surface area contributed by atoms with E-state index in [1.54, 1.807) is 7.11 Å². The highest BCUT2D eigenvalue weighted by Crippen LogP contribution is 2.14. The van der Waals surface area contributed by atoms with Crippen LogP contribution in [-0.2, 0) is 11.2 Å². The molecule has 0 aliphatic rings. The predicted octanol–water partition coefficient (Wildman–Crippen LogP) is 2.05. The number of nitrogens with one attached hydrogen (secondary N) is 1. The monoisotopic (exact) mass is 284 g/mol. The zero-order chi connectivity index (χ0) is 15.1. The highest BCUT2D eigenvalue weighted by atomic mass is 16.5. The molecule has 0 saturated carbocycles. The van der Waals surface area contributed by atoms with Gasteiger partial charge >= 0.3 is 0 Å². The normalized spacial score (nSPS) is 11.9. The fraction of sp³-hybridized carbons (Fsp3) is 0.235. The van der Waals surface area contributed by atoms with Gasteiger partial charge in [-0.1, -0.05) is 42.5 Å². The van der Waals surface area contributed by atoms with Gasteiger partial charge in [0.15, 0.2) is 0 Å². The van der Waals surface area contributed by atoms with Crippen molar-refractivity contribution in [1.29, 1.82) is 0 Å². The third-order valence-electron chi connectivity index (χ3n) is 3.31. The molecule has 0 aliphatic heterocycles. The van der Waals surface area contributed by atoms with Gasteiger partial charge in [-0.25, -0.2) is 0 Å². The Kier molecular flexibility index (Phi) is 5.35. The van der Waals surface area contributed by atoms with Crippen molar-refractivity contribution in [2.45, 2.75) is 12.5 Å². The molecular weight excluding hydrogens is 264 g/mol. The average molecular weight is 284 g/mol. The number of methoxy groups -OCH3 is 1. The molecule has 0 radical (unpaired) electrons. The lowest BCUT2D eigenvalue weighted by Crippen LogP contribution is -2.34. The first-order valence-electron chi connectivity index (χ1n) is 6.91. The zero-order valence-electron chi connectivity index (χ0n) is 12.1. The molecule has 4 nitrogen and oxygen atoms in total. The fourth-order valence-corrected chi connectivity index (χ4v) is 2.22. The lowest BCUT2D eigenvalue weighted by molar-refractivity contribution is -0.120. The van der Waals surface area contributed by atoms with Crippen LogP contribution in [-0.4, -0.2) is 19.6 Å². The van der Waals surface area contributed by atoms with Crippen LogP contribution in [0.15, 0.2) is 54.6 Å². The summed E-state index contributed by atoms with van der Waals surface area (Å²) in [7, 11) is 1.65. The summed E-state index contributed by atoms with van der Waals surface area (Å²) in [6, 6.07) is 16.9. The van der Waals surface area contributed by atoms with Gasteiger partial charge in [0.1, 0.15) is 11.8 Å². The molecule has 2 aromatic carbocycles. The van der Waals surface area contributed by atoms with Crippen molar-refractivity contribution in [1.82, 2.24) is 5.32 Å². The molecule has 3 N–H and O–H groups in total. The smallest absolute Gasteiger partial charge is 0.239 e. The molecule has 0 spiro atoms. The van der Waals surface area contributed by atoms with Crippen molar-refractivity contribution in [3.8, 4) is 5.75 Å². The minimum atomic E-state index is -0.461. The minimum absolute atomic E-state index is 0.369. The molecule has 0 aliphatic carbocycles. The molecule has 0 heterocycles. The first kappa shape index (κ1) is 15.1. The van der Waals surface area contributed by atoms with Gasteiger partial charge in [-0.15, -0.1) is 0 Å². The zero-order valence-corrected chi connectivity index (χ0v) is 12.1. The summed E-state index contributed by atoms with van der Waals surface area (Å²) in [5, 5.41) is 3.21. The van der Waals surface area contributed by atoms with Crippen LogP contribution in [0, 0.1) is 0 Å². The molecule has 2 aromatic rings. The molecule has 1 unspecified atom stereocenters. The maximum absolute atomic E-state index is 11.6. The van der Waals surface area contributed by atoms with Crippen LogP contribution < -0.4 is 15.8 Å². The summed E-state index contributed by atoms with van der Waals surface area (Å²) in [5.74, 6) is 0.467. The van der Waals surface area contributed by atoms with Gasteiger partial charge in [0.2, 0.25) is 5.91 Å². The third-order valence-corrected chi connectivity index (χ3v) is 3.31. The summed E-state index contributed by atoms with van der Waals surface area (Å²) < 4.78 is 5.20. The van der Waals surface area contributed by atoms with Gasteiger partial charge in [0, 0.05) is 6.54 Å². The van der Waals surface area contributed by atoms with Crippen LogP contribution in [0.3, 0.4) is 0 Å². The Labute approximate surface area is 124 Å². The number of rotatable bonds is 7. The standard InChI is InChI=1S/C17H20N2O2/c1-21-15-9-5-6-13(12-15)10-11-19-16(17(18)20)14-7-3-2-4-8-14/h2-9,12,16,19H,10-11H2,1H3,(H2,18,20). The number of primary amides is 1. The van der Waals surface area contributed by atoms with Crippen LogP contribution in [0.2, 0.25) is 0 Å². The maximum Gasteiger partial charge on any atom is 0.239 e. The van der Waals surface area contributed by atoms with Crippen molar-refractivity contribution in [2.24, 2.45) is 5.73 Å². The number of ether oxygens (including phenoxy) is 1. The number of benzene rings is 2. The van der Waals surface area contributed by atoms with E-state index in [9.17, 15) is 4.79 Å². The topological polar surface area (TPSA) is 64.3 Å². The third kappa shape index (κ3) is 4.33. The van der Waals surface area contributed by atoms with E-state index < -0.39 is 6.04 Å². The second-order valence-electron chi connectivity index (χ2n) is 4.80. The fourth-order valence-electron chi connectivity index (χ4n) is 2.22. The van der Waals surface area contributed by atoms with Crippen molar-refractivity contribution in [3.05, 3.63) is 65.7 Å². The highest BCUT2D eigenvalue weighted by molar-refractivity contribution is 5.81. The maximum atomic E-state index is 11.6. The number of amides is 1. The largest absolute Gasteiger partial charge is 0.497 e. The molecule has 0 bridgehead atoms. The molecule has 0 fully saturated rings. The van der Waals surface area contributed by atoms with Crippen LogP contribution in [0.25, 0.3) is 0 Å². The van der Waals surface area contributed by atoms with Gasteiger partial charge < -0.3 is 15.8 Å². The Hall–Kier alpha value is -2.33. The Morgan fingerprint density at radius 2 is 1.95 bits per heavy atom. The number of hydrogen-bond acceptors (Lipinski definition) is 3. The van der Waals surface area contributed by atoms with Crippen LogP contribution in [0.5, 0.6) is 5.75 Å². The Morgan fingerprint density at radius 3 is 2.62 bits per heavy atom. The van der Waals surface area contributed by atoms with Gasteiger partial charge in [-0.2, -0.15) is 0 Å². The molecule has 21 heavy (non-hydrogen) atoms. The summed E-state index contributed by atoms with van der Waals surface area (Å²) >= 11 is 0. The van der Waals surface area contributed by atoms with E-state index in [0.29, 0.717) is 6.54 Å². The SMILES string of the molecule is COc1cccc(CCNC(C(N)=O)c2ccccc2)c1. The predicted molar refractivity (Wildman–Crippen MR) is 83.1 cm³/mol. The van der Waals surface area contributed by atoms with E-state index in [2.05, 4.69) is 5.32 Å². The molecule has 4 heteroatoms. The summed E-state index contributed by atoms with van der Waals surface area (Å²) in [5.41, 5.74) is 7.51. The Bertz CT molecular complexity index is 584. The minimum Gasteiger partial charge on any atom is -0.497 e. The van der Waals surface area contributed by atoms with Crippen molar-refractivity contribution < 1.29 is 9.53 Å². The number of carbonyl (C=O) groups excluding carboxylic acids is 1. The lowest BCUT2D eigenvalue weighted by Gasteiger charge is -2.16. The number of hydrogen-bond donors (Lipinski definition) is 2. The summed E-state index contributed by atoms with van der Waals surface area (Å²) in [6.45, 7) is 0.662. The Balaban J connectivity index is 1.95. The number of carbonyl (C=O) groups is 1. The van der Waals surface area contributed by atoms with E-state index in [1.807, 2.05) is 54.6 Å². The van der Waals surface area contributed by atoms with Gasteiger partial charge in [-0.3, -0.25) is 4.79 Å². The van der Waals surface area contributed by atoms with E-state index in [0.717, 1.165) is 23.3 Å². The summed E-state index contributed by atoms with van der Waals surface area (Å²) in [4.78, 5) is 11.6. The average Bonchev–Trinajstić information content (AvgIpc) is 2.52. The molecule has 0 saturated heterocycles. The Morgan fingerprint density at radius 1 is 1.19 bits per heavy atom. The van der Waals surface area contributed by atoms with Gasteiger partial charge in [0.05, 0.1) is 7.11 Å². The van der Waals surface area contributed by atoms with Crippen LogP contribution in [0.1, 0.15) is 17.2 Å². The van der Waals surface area contributed by atoms with Crippen molar-refractivity contribution in [3.63, 3.8) is 0 Å². The van der Waals surface area contributed by atoms with Crippen molar-refractivity contribution in [2.75, 3.05) is 13.7 Å². The molecule has 1 atom stereocenters. The molecular formula is C17H20N2O2. The van der Waals surface area contributed by atoms with Gasteiger partial charge in [0.25, 0.3) is 0 Å². The van der Waals surface area contributed by atoms with Crippen molar-refractivity contribution >= 4 is 5.91 Å². The molecule has 2 rings (SSSR count). The van der Waals surface area contributed by atoms with E-state index in [1.165, 1.54) is 0 Å². The van der Waals surface area contributed by atoms with Crippen LogP contribution in [0.4, 0.5) is 0 Å². The van der Waals surface area contributed by atoms with E-state index >= 15 is 0 Å². The molecule has 1 amide bonds. The second kappa shape index (κ2) is 7.45. The summed E-state index contributed by atoms with van der Waals surface area (Å²) in [6.07, 6.45) is 0.799. The van der Waals surface area contributed by atoms with E-state index in [-0.39, 0.29) is 5.91 Å². The van der Waals surface area contributed by atoms with Crippen LogP contribution >= 0.6 is 0 Å². The second-order valence-corrected chi connectivity index (χ2v) is 4.80. The quantitative estimate of drug-likeness (QED) is 0.818. The van der Waals surface area contributed by atoms with Gasteiger partial charge in [-0.05, 0) is 29.7 Å². The lowest BCUT2D eigenvalue weighted by atomic mass is 10.1. The first-order chi connectivity index (χ1) is 10.2. The van der Waals surface area contributed by atoms with E-state index in [4.69, 9.17) is 10.5 Å². The molecule has 0 aromatic heterocycles. The molecule has 110 valence electrons. The number of nitrogens with two attached hydrogens (primary N) is 1. The highest BCUT2D eigenvalue weighted by Gasteiger charge is 2.16. The first-order valence-corrected chi connectivity index (χ1v) is 6.91.